The van der Waals surface area contributed by atoms with Crippen molar-refractivity contribution >= 4 is 16.7 Å². The number of β-amino-alcohol motifs (C(OH)–C–C–N with tert-alkyl or cyclic N) is 1. The van der Waals surface area contributed by atoms with E-state index in [9.17, 15) is 9.50 Å². The van der Waals surface area contributed by atoms with Crippen LogP contribution in [0.25, 0.3) is 10.9 Å². The number of nitrogens with zero attached hydrogens (tertiary/aromatic N) is 4. The van der Waals surface area contributed by atoms with Crippen LogP contribution >= 0.6 is 0 Å². The summed E-state index contributed by atoms with van der Waals surface area (Å²) >= 11 is 0. The topological polar surface area (TPSA) is 68.3 Å². The number of halogens is 1. The zero-order valence-corrected chi connectivity index (χ0v) is 17.2. The van der Waals surface area contributed by atoms with E-state index in [1.807, 2.05) is 13.0 Å². The lowest BCUT2D eigenvalue weighted by Crippen LogP contribution is -2.48. The Morgan fingerprint density at radius 1 is 1.14 bits per heavy atom. The van der Waals surface area contributed by atoms with Gasteiger partial charge in [0.25, 0.3) is 0 Å². The summed E-state index contributed by atoms with van der Waals surface area (Å²) in [5.74, 6) is 1.86. The van der Waals surface area contributed by atoms with Gasteiger partial charge >= 0.3 is 0 Å². The summed E-state index contributed by atoms with van der Waals surface area (Å²) in [6.07, 6.45) is 1.12. The van der Waals surface area contributed by atoms with Crippen molar-refractivity contribution < 1.29 is 9.50 Å². The first-order chi connectivity index (χ1) is 13.9. The van der Waals surface area contributed by atoms with Crippen LogP contribution < -0.4 is 4.90 Å². The molecular formula is C22H28FN5O. The summed E-state index contributed by atoms with van der Waals surface area (Å²) in [6.45, 7) is 10.1. The molecule has 1 saturated heterocycles. The SMILES string of the molecule is Cc1cc(N2CCN(CC(O)c3c[nH]c4ccc(F)cc34)CC2)nc(C(C)C)n1. The number of nitrogens with one attached hydrogen (secondary N) is 1. The molecule has 1 fully saturated rings. The van der Waals surface area contributed by atoms with E-state index in [0.29, 0.717) is 12.5 Å². The first kappa shape index (κ1) is 19.8. The number of fused-ring (bicyclic) bond motifs is 1. The fraction of sp³-hybridized carbons (Fsp3) is 0.455. The van der Waals surface area contributed by atoms with Gasteiger partial charge in [-0.2, -0.15) is 0 Å². The maximum absolute atomic E-state index is 13.6. The number of aliphatic hydroxyl groups is 1. The van der Waals surface area contributed by atoms with Gasteiger partial charge in [0.15, 0.2) is 0 Å². The lowest BCUT2D eigenvalue weighted by Gasteiger charge is -2.36. The van der Waals surface area contributed by atoms with Crippen molar-refractivity contribution in [3.8, 4) is 0 Å². The molecule has 1 aromatic carbocycles. The number of piperazine rings is 1. The number of aryl methyl sites for hydroxylation is 1. The number of H-pyrrole nitrogens is 1. The van der Waals surface area contributed by atoms with Crippen molar-refractivity contribution in [3.05, 3.63) is 53.4 Å². The Hall–Kier alpha value is -2.51. The molecule has 0 amide bonds. The van der Waals surface area contributed by atoms with Gasteiger partial charge in [0, 0.05) is 73.1 Å². The van der Waals surface area contributed by atoms with E-state index >= 15 is 0 Å². The molecule has 1 atom stereocenters. The smallest absolute Gasteiger partial charge is 0.133 e. The maximum Gasteiger partial charge on any atom is 0.133 e. The average molecular weight is 397 g/mol. The minimum absolute atomic E-state index is 0.292. The number of hydrogen-bond donors (Lipinski definition) is 2. The van der Waals surface area contributed by atoms with E-state index in [1.54, 1.807) is 12.3 Å². The molecule has 3 heterocycles. The van der Waals surface area contributed by atoms with Crippen LogP contribution in [-0.4, -0.2) is 57.7 Å². The minimum Gasteiger partial charge on any atom is -0.387 e. The minimum atomic E-state index is -0.661. The highest BCUT2D eigenvalue weighted by Crippen LogP contribution is 2.26. The van der Waals surface area contributed by atoms with E-state index in [4.69, 9.17) is 4.98 Å². The number of aliphatic hydroxyl groups excluding tert-OH is 1. The van der Waals surface area contributed by atoms with Gasteiger partial charge in [0.2, 0.25) is 0 Å². The van der Waals surface area contributed by atoms with E-state index in [-0.39, 0.29) is 5.82 Å². The van der Waals surface area contributed by atoms with E-state index in [2.05, 4.69) is 33.6 Å². The molecule has 1 aliphatic heterocycles. The van der Waals surface area contributed by atoms with Crippen LogP contribution in [0, 0.1) is 12.7 Å². The molecule has 1 unspecified atom stereocenters. The van der Waals surface area contributed by atoms with Gasteiger partial charge in [-0.15, -0.1) is 0 Å². The van der Waals surface area contributed by atoms with Gasteiger partial charge in [-0.1, -0.05) is 13.8 Å². The molecule has 2 aromatic heterocycles. The summed E-state index contributed by atoms with van der Waals surface area (Å²) in [5.41, 5.74) is 2.57. The third kappa shape index (κ3) is 4.26. The van der Waals surface area contributed by atoms with Crippen LogP contribution in [0.4, 0.5) is 10.2 Å². The normalized spacial score (nSPS) is 16.7. The summed E-state index contributed by atoms with van der Waals surface area (Å²) in [4.78, 5) is 16.9. The van der Waals surface area contributed by atoms with Crippen LogP contribution in [0.2, 0.25) is 0 Å². The number of hydrogen-bond acceptors (Lipinski definition) is 5. The molecule has 0 saturated carbocycles. The van der Waals surface area contributed by atoms with Crippen molar-refractivity contribution in [2.75, 3.05) is 37.6 Å². The predicted octanol–water partition coefficient (Wildman–Crippen LogP) is 3.38. The Labute approximate surface area is 170 Å². The predicted molar refractivity (Wildman–Crippen MR) is 113 cm³/mol. The first-order valence-corrected chi connectivity index (χ1v) is 10.2. The molecule has 0 radical (unpaired) electrons. The van der Waals surface area contributed by atoms with Crippen molar-refractivity contribution in [2.45, 2.75) is 32.8 Å². The Kier molecular flexibility index (Phi) is 5.52. The first-order valence-electron chi connectivity index (χ1n) is 10.2. The average Bonchev–Trinajstić information content (AvgIpc) is 3.11. The molecule has 7 heteroatoms. The molecule has 1 aliphatic rings. The second kappa shape index (κ2) is 8.08. The highest BCUT2D eigenvalue weighted by molar-refractivity contribution is 5.83. The molecule has 29 heavy (non-hydrogen) atoms. The van der Waals surface area contributed by atoms with Crippen molar-refractivity contribution in [1.29, 1.82) is 0 Å². The molecule has 0 aliphatic carbocycles. The number of rotatable bonds is 5. The quantitative estimate of drug-likeness (QED) is 0.691. The van der Waals surface area contributed by atoms with Gasteiger partial charge in [-0.3, -0.25) is 4.90 Å². The molecule has 0 bridgehead atoms. The van der Waals surface area contributed by atoms with Gasteiger partial charge in [-0.05, 0) is 25.1 Å². The second-order valence-electron chi connectivity index (χ2n) is 8.12. The van der Waals surface area contributed by atoms with Crippen molar-refractivity contribution in [2.24, 2.45) is 0 Å². The Morgan fingerprint density at radius 3 is 2.62 bits per heavy atom. The third-order valence-electron chi connectivity index (χ3n) is 5.54. The van der Waals surface area contributed by atoms with Gasteiger partial charge in [0.1, 0.15) is 17.5 Å². The maximum atomic E-state index is 13.6. The monoisotopic (exact) mass is 397 g/mol. The largest absolute Gasteiger partial charge is 0.387 e. The second-order valence-corrected chi connectivity index (χ2v) is 8.12. The van der Waals surface area contributed by atoms with Crippen molar-refractivity contribution in [3.63, 3.8) is 0 Å². The van der Waals surface area contributed by atoms with E-state index in [1.165, 1.54) is 12.1 Å². The summed E-state index contributed by atoms with van der Waals surface area (Å²) in [7, 11) is 0. The molecule has 0 spiro atoms. The molecule has 154 valence electrons. The molecular weight excluding hydrogens is 369 g/mol. The number of aromatic amines is 1. The standard InChI is InChI=1S/C22H28FN5O/c1-14(2)22-25-15(3)10-21(26-22)28-8-6-27(7-9-28)13-20(29)18-12-24-19-5-4-16(23)11-17(18)19/h4-5,10-12,14,20,24,29H,6-9,13H2,1-3H3. The third-order valence-corrected chi connectivity index (χ3v) is 5.54. The number of anilines is 1. The van der Waals surface area contributed by atoms with Gasteiger partial charge < -0.3 is 15.0 Å². The summed E-state index contributed by atoms with van der Waals surface area (Å²) < 4.78 is 13.6. The molecule has 4 rings (SSSR count). The van der Waals surface area contributed by atoms with Crippen molar-refractivity contribution in [1.82, 2.24) is 19.9 Å². The molecule has 3 aromatic rings. The zero-order valence-electron chi connectivity index (χ0n) is 17.2. The summed E-state index contributed by atoms with van der Waals surface area (Å²) in [6, 6.07) is 6.64. The van der Waals surface area contributed by atoms with Crippen LogP contribution in [0.1, 0.15) is 43.0 Å². The lowest BCUT2D eigenvalue weighted by molar-refractivity contribution is 0.110. The fourth-order valence-corrected chi connectivity index (χ4v) is 3.89. The Morgan fingerprint density at radius 2 is 1.90 bits per heavy atom. The number of aromatic nitrogens is 3. The zero-order chi connectivity index (χ0) is 20.5. The van der Waals surface area contributed by atoms with Crippen LogP contribution in [-0.2, 0) is 0 Å². The Balaban J connectivity index is 1.40. The molecule has 6 nitrogen and oxygen atoms in total. The van der Waals surface area contributed by atoms with Gasteiger partial charge in [0.05, 0.1) is 6.10 Å². The van der Waals surface area contributed by atoms with E-state index < -0.39 is 6.10 Å². The Bertz CT molecular complexity index is 994. The highest BCUT2D eigenvalue weighted by atomic mass is 19.1. The van der Waals surface area contributed by atoms with E-state index in [0.717, 1.165) is 60.0 Å². The van der Waals surface area contributed by atoms with Crippen LogP contribution in [0.15, 0.2) is 30.5 Å². The summed E-state index contributed by atoms with van der Waals surface area (Å²) in [5, 5.41) is 11.5. The molecule has 2 N–H and O–H groups in total. The van der Waals surface area contributed by atoms with Crippen LogP contribution in [0.5, 0.6) is 0 Å². The number of benzene rings is 1. The van der Waals surface area contributed by atoms with Gasteiger partial charge in [-0.25, -0.2) is 14.4 Å². The fourth-order valence-electron chi connectivity index (χ4n) is 3.89. The highest BCUT2D eigenvalue weighted by Gasteiger charge is 2.23. The van der Waals surface area contributed by atoms with Crippen LogP contribution in [0.3, 0.4) is 0 Å². The lowest BCUT2D eigenvalue weighted by atomic mass is 10.1.